The number of rotatable bonds is 3. The van der Waals surface area contributed by atoms with Gasteiger partial charge < -0.3 is 5.11 Å². The van der Waals surface area contributed by atoms with Crippen LogP contribution in [0.4, 0.5) is 0 Å². The van der Waals surface area contributed by atoms with Crippen LogP contribution >= 0.6 is 15.9 Å². The van der Waals surface area contributed by atoms with Crippen molar-refractivity contribution in [1.82, 2.24) is 9.78 Å². The van der Waals surface area contributed by atoms with E-state index in [0.29, 0.717) is 6.42 Å². The van der Waals surface area contributed by atoms with Gasteiger partial charge in [-0.25, -0.2) is 0 Å². The third kappa shape index (κ3) is 2.80. The molecule has 0 amide bonds. The third-order valence-corrected chi connectivity index (χ3v) is 5.40. The molecule has 4 heteroatoms. The molecule has 1 saturated carbocycles. The molecule has 0 atom stereocenters. The van der Waals surface area contributed by atoms with Gasteiger partial charge in [0.1, 0.15) is 0 Å². The third-order valence-electron chi connectivity index (χ3n) is 4.37. The second kappa shape index (κ2) is 5.33. The standard InChI is InChI=1S/C14H23BrN2O/c1-4-11-5-7-14(18,8-6-11)9-12-13(15)10(2)16-17(12)3/h11,18H,4-9H2,1-3H3. The fourth-order valence-electron chi connectivity index (χ4n) is 2.98. The minimum Gasteiger partial charge on any atom is -0.389 e. The van der Waals surface area contributed by atoms with Crippen LogP contribution in [0.2, 0.25) is 0 Å². The summed E-state index contributed by atoms with van der Waals surface area (Å²) >= 11 is 3.58. The molecule has 0 aromatic carbocycles. The van der Waals surface area contributed by atoms with E-state index in [1.807, 2.05) is 18.7 Å². The van der Waals surface area contributed by atoms with Gasteiger partial charge in [-0.2, -0.15) is 5.10 Å². The molecule has 1 fully saturated rings. The summed E-state index contributed by atoms with van der Waals surface area (Å²) in [5.74, 6) is 0.807. The summed E-state index contributed by atoms with van der Waals surface area (Å²) in [6.45, 7) is 4.24. The van der Waals surface area contributed by atoms with Gasteiger partial charge in [-0.1, -0.05) is 13.3 Å². The molecule has 0 radical (unpaired) electrons. The fourth-order valence-corrected chi connectivity index (χ4v) is 3.46. The Bertz CT molecular complexity index is 420. The largest absolute Gasteiger partial charge is 0.389 e. The highest BCUT2D eigenvalue weighted by Gasteiger charge is 2.34. The van der Waals surface area contributed by atoms with E-state index in [-0.39, 0.29) is 0 Å². The molecule has 3 nitrogen and oxygen atoms in total. The first kappa shape index (κ1) is 14.1. The molecule has 0 aliphatic heterocycles. The minimum atomic E-state index is -0.533. The lowest BCUT2D eigenvalue weighted by molar-refractivity contribution is -0.0108. The van der Waals surface area contributed by atoms with Crippen molar-refractivity contribution in [3.8, 4) is 0 Å². The highest BCUT2D eigenvalue weighted by Crippen LogP contribution is 2.37. The summed E-state index contributed by atoms with van der Waals surface area (Å²) in [5.41, 5.74) is 1.58. The average molecular weight is 315 g/mol. The average Bonchev–Trinajstić information content (AvgIpc) is 2.57. The summed E-state index contributed by atoms with van der Waals surface area (Å²) in [5, 5.41) is 15.1. The fraction of sp³-hybridized carbons (Fsp3) is 0.786. The van der Waals surface area contributed by atoms with Crippen molar-refractivity contribution >= 4 is 15.9 Å². The van der Waals surface area contributed by atoms with Crippen molar-refractivity contribution < 1.29 is 5.11 Å². The zero-order chi connectivity index (χ0) is 13.3. The minimum absolute atomic E-state index is 0.533. The van der Waals surface area contributed by atoms with Gasteiger partial charge in [0.15, 0.2) is 0 Å². The van der Waals surface area contributed by atoms with Gasteiger partial charge in [-0.05, 0) is 54.5 Å². The van der Waals surface area contributed by atoms with Crippen molar-refractivity contribution in [3.63, 3.8) is 0 Å². The van der Waals surface area contributed by atoms with E-state index in [1.165, 1.54) is 6.42 Å². The highest BCUT2D eigenvalue weighted by atomic mass is 79.9. The maximum atomic E-state index is 10.7. The zero-order valence-electron chi connectivity index (χ0n) is 11.5. The molecule has 18 heavy (non-hydrogen) atoms. The zero-order valence-corrected chi connectivity index (χ0v) is 13.1. The molecule has 1 aromatic rings. The molecule has 2 rings (SSSR count). The molecule has 0 bridgehead atoms. The Hall–Kier alpha value is -0.350. The van der Waals surface area contributed by atoms with Crippen LogP contribution in [-0.4, -0.2) is 20.5 Å². The van der Waals surface area contributed by atoms with Crippen LogP contribution in [0.5, 0.6) is 0 Å². The number of aromatic nitrogens is 2. The maximum absolute atomic E-state index is 10.7. The lowest BCUT2D eigenvalue weighted by atomic mass is 9.76. The van der Waals surface area contributed by atoms with Crippen LogP contribution < -0.4 is 0 Å². The topological polar surface area (TPSA) is 38.1 Å². The first-order chi connectivity index (χ1) is 8.45. The lowest BCUT2D eigenvalue weighted by Gasteiger charge is -2.36. The first-order valence-corrected chi connectivity index (χ1v) is 7.65. The monoisotopic (exact) mass is 314 g/mol. The van der Waals surface area contributed by atoms with E-state index in [0.717, 1.165) is 47.5 Å². The van der Waals surface area contributed by atoms with E-state index in [4.69, 9.17) is 0 Å². The SMILES string of the molecule is CCC1CCC(O)(Cc2c(Br)c(C)nn2C)CC1. The molecule has 0 saturated heterocycles. The smallest absolute Gasteiger partial charge is 0.0738 e. The Labute approximate surface area is 118 Å². The van der Waals surface area contributed by atoms with Crippen LogP contribution in [0.25, 0.3) is 0 Å². The van der Waals surface area contributed by atoms with Crippen LogP contribution in [0.3, 0.4) is 0 Å². The van der Waals surface area contributed by atoms with E-state index >= 15 is 0 Å². The van der Waals surface area contributed by atoms with E-state index in [2.05, 4.69) is 28.0 Å². The van der Waals surface area contributed by atoms with Crippen molar-refractivity contribution in [1.29, 1.82) is 0 Å². The van der Waals surface area contributed by atoms with Gasteiger partial charge in [-0.15, -0.1) is 0 Å². The number of halogens is 1. The number of nitrogens with zero attached hydrogens (tertiary/aromatic N) is 2. The molecular weight excluding hydrogens is 292 g/mol. The molecule has 0 unspecified atom stereocenters. The summed E-state index contributed by atoms with van der Waals surface area (Å²) in [4.78, 5) is 0. The van der Waals surface area contributed by atoms with Crippen molar-refractivity contribution in [2.45, 2.75) is 58.0 Å². The normalized spacial score (nSPS) is 28.6. The number of aliphatic hydroxyl groups is 1. The molecule has 1 N–H and O–H groups in total. The molecule has 1 aliphatic carbocycles. The molecule has 1 aromatic heterocycles. The van der Waals surface area contributed by atoms with Gasteiger partial charge in [0.2, 0.25) is 0 Å². The number of hydrogen-bond donors (Lipinski definition) is 1. The van der Waals surface area contributed by atoms with Crippen LogP contribution in [0, 0.1) is 12.8 Å². The Morgan fingerprint density at radius 2 is 2.06 bits per heavy atom. The van der Waals surface area contributed by atoms with Crippen LogP contribution in [-0.2, 0) is 13.5 Å². The lowest BCUT2D eigenvalue weighted by Crippen LogP contribution is -2.36. The Balaban J connectivity index is 2.09. The summed E-state index contributed by atoms with van der Waals surface area (Å²) in [6, 6.07) is 0. The quantitative estimate of drug-likeness (QED) is 0.929. The second-order valence-electron chi connectivity index (χ2n) is 5.72. The van der Waals surface area contributed by atoms with Gasteiger partial charge in [-0.3, -0.25) is 4.68 Å². The first-order valence-electron chi connectivity index (χ1n) is 6.85. The van der Waals surface area contributed by atoms with Gasteiger partial charge in [0.25, 0.3) is 0 Å². The molecule has 1 heterocycles. The summed E-state index contributed by atoms with van der Waals surface area (Å²) in [7, 11) is 1.95. The molecule has 0 spiro atoms. The molecule has 1 aliphatic rings. The van der Waals surface area contributed by atoms with Crippen molar-refractivity contribution in [3.05, 3.63) is 15.9 Å². The van der Waals surface area contributed by atoms with Crippen molar-refractivity contribution in [2.75, 3.05) is 0 Å². The van der Waals surface area contributed by atoms with E-state index in [1.54, 1.807) is 0 Å². The van der Waals surface area contributed by atoms with Crippen molar-refractivity contribution in [2.24, 2.45) is 13.0 Å². The molecular formula is C14H23BrN2O. The van der Waals surface area contributed by atoms with Crippen LogP contribution in [0.15, 0.2) is 4.47 Å². The highest BCUT2D eigenvalue weighted by molar-refractivity contribution is 9.10. The Morgan fingerprint density at radius 1 is 1.44 bits per heavy atom. The van der Waals surface area contributed by atoms with E-state index in [9.17, 15) is 5.11 Å². The summed E-state index contributed by atoms with van der Waals surface area (Å²) in [6.07, 6.45) is 6.10. The summed E-state index contributed by atoms with van der Waals surface area (Å²) < 4.78 is 2.94. The van der Waals surface area contributed by atoms with Gasteiger partial charge >= 0.3 is 0 Å². The van der Waals surface area contributed by atoms with E-state index < -0.39 is 5.60 Å². The number of hydrogen-bond acceptors (Lipinski definition) is 2. The predicted octanol–water partition coefficient (Wildman–Crippen LogP) is 3.36. The van der Waals surface area contributed by atoms with Gasteiger partial charge in [0, 0.05) is 13.5 Å². The Morgan fingerprint density at radius 3 is 2.50 bits per heavy atom. The second-order valence-corrected chi connectivity index (χ2v) is 6.52. The Kier molecular flexibility index (Phi) is 4.17. The molecule has 102 valence electrons. The van der Waals surface area contributed by atoms with Gasteiger partial charge in [0.05, 0.1) is 21.5 Å². The van der Waals surface area contributed by atoms with Crippen LogP contribution in [0.1, 0.15) is 50.4 Å². The predicted molar refractivity (Wildman–Crippen MR) is 76.5 cm³/mol. The maximum Gasteiger partial charge on any atom is 0.0738 e. The number of aryl methyl sites for hydroxylation is 2.